The second kappa shape index (κ2) is 5.98. The molecule has 0 bridgehead atoms. The molecule has 0 spiro atoms. The predicted octanol–water partition coefficient (Wildman–Crippen LogP) is 2.81. The minimum atomic E-state index is -1.91. The Balaban J connectivity index is 4.78. The Kier molecular flexibility index (Phi) is 5.84. The van der Waals surface area contributed by atoms with E-state index in [4.69, 9.17) is 9.26 Å². The van der Waals surface area contributed by atoms with Crippen molar-refractivity contribution in [3.8, 4) is 0 Å². The van der Waals surface area contributed by atoms with Gasteiger partial charge in [0.2, 0.25) is 0 Å². The van der Waals surface area contributed by atoms with Crippen molar-refractivity contribution >= 4 is 14.2 Å². The van der Waals surface area contributed by atoms with Crippen LogP contribution in [0.3, 0.4) is 0 Å². The molecule has 4 nitrogen and oxygen atoms in total. The van der Waals surface area contributed by atoms with Gasteiger partial charge in [-0.15, -0.1) is 0 Å². The first kappa shape index (κ1) is 16.6. The van der Waals surface area contributed by atoms with Crippen LogP contribution in [0.15, 0.2) is 0 Å². The highest BCUT2D eigenvalue weighted by molar-refractivity contribution is 6.74. The van der Waals surface area contributed by atoms with Crippen LogP contribution >= 0.6 is 0 Å². The Morgan fingerprint density at radius 2 is 1.82 bits per heavy atom. The molecule has 0 aliphatic heterocycles. The molecule has 17 heavy (non-hydrogen) atoms. The number of hydrogen-bond donors (Lipinski definition) is 0. The molecule has 0 aromatic rings. The van der Waals surface area contributed by atoms with Crippen LogP contribution in [0.4, 0.5) is 0 Å². The standard InChI is InChI=1S/C12H27NO3Si/c1-9-10(11(14)13(5)15-6)16-17(7,8)12(2,3)4/h10H,9H2,1-8H3. The van der Waals surface area contributed by atoms with Crippen molar-refractivity contribution in [2.45, 2.75) is 58.4 Å². The zero-order valence-corrected chi connectivity index (χ0v) is 13.5. The fourth-order valence-corrected chi connectivity index (χ4v) is 2.47. The van der Waals surface area contributed by atoms with Crippen LogP contribution in [0, 0.1) is 0 Å². The van der Waals surface area contributed by atoms with E-state index in [9.17, 15) is 4.79 Å². The number of carbonyl (C=O) groups excluding carboxylic acids is 1. The SMILES string of the molecule is CCC(O[Si](C)(C)C(C)(C)C)C(=O)N(C)OC. The zero-order chi connectivity index (χ0) is 13.9. The molecule has 1 amide bonds. The second-order valence-corrected chi connectivity index (χ2v) is 10.5. The first-order valence-electron chi connectivity index (χ1n) is 6.06. The van der Waals surface area contributed by atoms with Gasteiger partial charge in [-0.25, -0.2) is 5.06 Å². The normalized spacial score (nSPS) is 14.6. The Morgan fingerprint density at radius 1 is 1.35 bits per heavy atom. The monoisotopic (exact) mass is 261 g/mol. The molecule has 0 saturated heterocycles. The molecule has 0 saturated carbocycles. The summed E-state index contributed by atoms with van der Waals surface area (Å²) in [5.74, 6) is -0.111. The van der Waals surface area contributed by atoms with Crippen molar-refractivity contribution in [1.29, 1.82) is 0 Å². The van der Waals surface area contributed by atoms with Crippen LogP contribution < -0.4 is 0 Å². The number of nitrogens with zero attached hydrogens (tertiary/aromatic N) is 1. The van der Waals surface area contributed by atoms with Gasteiger partial charge in [-0.05, 0) is 24.6 Å². The van der Waals surface area contributed by atoms with Crippen molar-refractivity contribution < 1.29 is 14.1 Å². The lowest BCUT2D eigenvalue weighted by atomic mass is 10.2. The summed E-state index contributed by atoms with van der Waals surface area (Å²) in [5.41, 5.74) is 0. The van der Waals surface area contributed by atoms with E-state index in [1.807, 2.05) is 6.92 Å². The third-order valence-electron chi connectivity index (χ3n) is 3.47. The van der Waals surface area contributed by atoms with E-state index in [0.717, 1.165) is 0 Å². The molecule has 1 atom stereocenters. The van der Waals surface area contributed by atoms with Crippen LogP contribution in [-0.4, -0.2) is 39.5 Å². The lowest BCUT2D eigenvalue weighted by molar-refractivity contribution is -0.177. The minimum Gasteiger partial charge on any atom is -0.405 e. The number of hydroxylamine groups is 2. The molecule has 0 aliphatic rings. The number of rotatable bonds is 5. The van der Waals surface area contributed by atoms with Gasteiger partial charge in [0.05, 0.1) is 7.11 Å². The fraction of sp³-hybridized carbons (Fsp3) is 0.917. The van der Waals surface area contributed by atoms with Gasteiger partial charge in [-0.1, -0.05) is 27.7 Å². The molecule has 0 heterocycles. The first-order valence-corrected chi connectivity index (χ1v) is 8.97. The molecule has 0 rings (SSSR count). The third kappa shape index (κ3) is 4.41. The van der Waals surface area contributed by atoms with Gasteiger partial charge in [0.1, 0.15) is 6.10 Å². The molecule has 0 radical (unpaired) electrons. The van der Waals surface area contributed by atoms with E-state index >= 15 is 0 Å². The van der Waals surface area contributed by atoms with Crippen molar-refractivity contribution in [2.24, 2.45) is 0 Å². The van der Waals surface area contributed by atoms with Crippen LogP contribution in [0.25, 0.3) is 0 Å². The summed E-state index contributed by atoms with van der Waals surface area (Å²) in [4.78, 5) is 16.9. The Bertz CT molecular complexity index is 261. The molecule has 0 aromatic carbocycles. The number of amides is 1. The summed E-state index contributed by atoms with van der Waals surface area (Å²) >= 11 is 0. The van der Waals surface area contributed by atoms with Crippen LogP contribution in [0.1, 0.15) is 34.1 Å². The van der Waals surface area contributed by atoms with Gasteiger partial charge in [0.15, 0.2) is 8.32 Å². The summed E-state index contributed by atoms with van der Waals surface area (Å²) < 4.78 is 6.10. The van der Waals surface area contributed by atoms with Gasteiger partial charge in [0, 0.05) is 7.05 Å². The van der Waals surface area contributed by atoms with Gasteiger partial charge in [0.25, 0.3) is 5.91 Å². The maximum atomic E-state index is 12.0. The molecule has 102 valence electrons. The maximum absolute atomic E-state index is 12.0. The highest BCUT2D eigenvalue weighted by atomic mass is 28.4. The van der Waals surface area contributed by atoms with Crippen molar-refractivity contribution in [3.63, 3.8) is 0 Å². The Morgan fingerprint density at radius 3 is 2.12 bits per heavy atom. The molecule has 0 aromatic heterocycles. The summed E-state index contributed by atoms with van der Waals surface area (Å²) in [6.45, 7) is 12.7. The van der Waals surface area contributed by atoms with E-state index in [1.165, 1.54) is 12.2 Å². The van der Waals surface area contributed by atoms with E-state index in [0.29, 0.717) is 6.42 Å². The molecular formula is C12H27NO3Si. The number of carbonyl (C=O) groups is 1. The predicted molar refractivity (Wildman–Crippen MR) is 72.1 cm³/mol. The average Bonchev–Trinajstić information content (AvgIpc) is 2.22. The quantitative estimate of drug-likeness (QED) is 0.564. The van der Waals surface area contributed by atoms with Gasteiger partial charge in [-0.3, -0.25) is 9.63 Å². The Hall–Kier alpha value is -0.393. The fourth-order valence-electron chi connectivity index (χ4n) is 1.13. The summed E-state index contributed by atoms with van der Waals surface area (Å²) in [7, 11) is 1.18. The third-order valence-corrected chi connectivity index (χ3v) is 7.96. The number of likely N-dealkylation sites (N-methyl/N-ethyl adjacent to an activating group) is 1. The van der Waals surface area contributed by atoms with Gasteiger partial charge < -0.3 is 4.43 Å². The molecule has 0 fully saturated rings. The highest BCUT2D eigenvalue weighted by Crippen LogP contribution is 2.37. The molecule has 5 heteroatoms. The average molecular weight is 261 g/mol. The summed E-state index contributed by atoms with van der Waals surface area (Å²) in [5, 5.41) is 1.34. The molecule has 0 aliphatic carbocycles. The van der Waals surface area contributed by atoms with E-state index in [1.54, 1.807) is 7.05 Å². The largest absolute Gasteiger partial charge is 0.405 e. The maximum Gasteiger partial charge on any atom is 0.273 e. The number of hydrogen-bond acceptors (Lipinski definition) is 3. The van der Waals surface area contributed by atoms with Crippen molar-refractivity contribution in [2.75, 3.05) is 14.2 Å². The lowest BCUT2D eigenvalue weighted by Gasteiger charge is -2.39. The van der Waals surface area contributed by atoms with Crippen molar-refractivity contribution in [1.82, 2.24) is 5.06 Å². The lowest BCUT2D eigenvalue weighted by Crippen LogP contribution is -2.48. The van der Waals surface area contributed by atoms with Crippen LogP contribution in [-0.2, 0) is 14.1 Å². The highest BCUT2D eigenvalue weighted by Gasteiger charge is 2.40. The minimum absolute atomic E-state index is 0.104. The zero-order valence-electron chi connectivity index (χ0n) is 12.5. The van der Waals surface area contributed by atoms with Crippen LogP contribution in [0.2, 0.25) is 18.1 Å². The summed E-state index contributed by atoms with van der Waals surface area (Å²) in [6, 6.07) is 0. The first-order chi connectivity index (χ1) is 7.56. The molecule has 0 N–H and O–H groups in total. The summed E-state index contributed by atoms with van der Waals surface area (Å²) in [6.07, 6.45) is 0.264. The van der Waals surface area contributed by atoms with E-state index in [2.05, 4.69) is 33.9 Å². The van der Waals surface area contributed by atoms with Crippen LogP contribution in [0.5, 0.6) is 0 Å². The molecule has 1 unspecified atom stereocenters. The van der Waals surface area contributed by atoms with E-state index < -0.39 is 14.4 Å². The molecular weight excluding hydrogens is 234 g/mol. The topological polar surface area (TPSA) is 38.8 Å². The smallest absolute Gasteiger partial charge is 0.273 e. The van der Waals surface area contributed by atoms with Crippen molar-refractivity contribution in [3.05, 3.63) is 0 Å². The second-order valence-electron chi connectivity index (χ2n) is 5.79. The Labute approximate surface area is 106 Å². The van der Waals surface area contributed by atoms with E-state index in [-0.39, 0.29) is 10.9 Å². The van der Waals surface area contributed by atoms with Gasteiger partial charge >= 0.3 is 0 Å². The van der Waals surface area contributed by atoms with Gasteiger partial charge in [-0.2, -0.15) is 0 Å².